The minimum atomic E-state index is -0.882. The van der Waals surface area contributed by atoms with E-state index in [-0.39, 0.29) is 11.8 Å². The molecule has 0 aliphatic heterocycles. The predicted octanol–water partition coefficient (Wildman–Crippen LogP) is 2.42. The average Bonchev–Trinajstić information content (AvgIpc) is 2.42. The Morgan fingerprint density at radius 2 is 1.86 bits per heavy atom. The number of carbonyl (C=O) groups is 2. The number of carboxylic acids is 1. The molecule has 1 aliphatic carbocycles. The van der Waals surface area contributed by atoms with Crippen LogP contribution < -0.4 is 10.1 Å². The molecule has 2 N–H and O–H groups in total. The SMILES string of the molecule is CC(C)c1ccc(OCCNC(=O)C2CCC2C(=O)O)cc1. The molecule has 1 aromatic rings. The van der Waals surface area contributed by atoms with Crippen LogP contribution in [0.2, 0.25) is 0 Å². The second kappa shape index (κ2) is 7.29. The Hall–Kier alpha value is -2.04. The van der Waals surface area contributed by atoms with Gasteiger partial charge in [-0.1, -0.05) is 26.0 Å². The maximum atomic E-state index is 11.8. The summed E-state index contributed by atoms with van der Waals surface area (Å²) in [6.07, 6.45) is 1.24. The summed E-state index contributed by atoms with van der Waals surface area (Å²) < 4.78 is 5.57. The molecule has 5 nitrogen and oxygen atoms in total. The minimum Gasteiger partial charge on any atom is -0.492 e. The van der Waals surface area contributed by atoms with Gasteiger partial charge in [-0.3, -0.25) is 9.59 Å². The van der Waals surface area contributed by atoms with E-state index in [2.05, 4.69) is 19.2 Å². The highest BCUT2D eigenvalue weighted by atomic mass is 16.5. The highest BCUT2D eigenvalue weighted by Gasteiger charge is 2.41. The van der Waals surface area contributed by atoms with E-state index in [1.807, 2.05) is 24.3 Å². The summed E-state index contributed by atoms with van der Waals surface area (Å²) in [5.74, 6) is -0.721. The van der Waals surface area contributed by atoms with Gasteiger partial charge in [0.05, 0.1) is 18.4 Å². The van der Waals surface area contributed by atoms with Crippen molar-refractivity contribution < 1.29 is 19.4 Å². The molecule has 1 aliphatic rings. The fourth-order valence-corrected chi connectivity index (χ4v) is 2.53. The maximum Gasteiger partial charge on any atom is 0.307 e. The van der Waals surface area contributed by atoms with Gasteiger partial charge < -0.3 is 15.2 Å². The monoisotopic (exact) mass is 305 g/mol. The summed E-state index contributed by atoms with van der Waals surface area (Å²) in [6.45, 7) is 5.03. The first-order valence-electron chi connectivity index (χ1n) is 7.72. The van der Waals surface area contributed by atoms with Gasteiger partial charge in [-0.2, -0.15) is 0 Å². The van der Waals surface area contributed by atoms with Crippen LogP contribution in [0.25, 0.3) is 0 Å². The lowest BCUT2D eigenvalue weighted by atomic mass is 9.73. The van der Waals surface area contributed by atoms with E-state index < -0.39 is 11.9 Å². The lowest BCUT2D eigenvalue weighted by Gasteiger charge is -2.31. The Labute approximate surface area is 130 Å². The smallest absolute Gasteiger partial charge is 0.307 e. The van der Waals surface area contributed by atoms with Crippen LogP contribution in [0.5, 0.6) is 5.75 Å². The molecule has 1 saturated carbocycles. The van der Waals surface area contributed by atoms with Crippen molar-refractivity contribution >= 4 is 11.9 Å². The Morgan fingerprint density at radius 1 is 1.23 bits per heavy atom. The zero-order valence-electron chi connectivity index (χ0n) is 13.0. The van der Waals surface area contributed by atoms with Gasteiger partial charge in [0.15, 0.2) is 0 Å². The molecule has 0 radical (unpaired) electrons. The number of nitrogens with one attached hydrogen (secondary N) is 1. The molecule has 2 atom stereocenters. The lowest BCUT2D eigenvalue weighted by Crippen LogP contribution is -2.44. The van der Waals surface area contributed by atoms with E-state index in [1.165, 1.54) is 5.56 Å². The van der Waals surface area contributed by atoms with Crippen LogP contribution in [-0.4, -0.2) is 30.1 Å². The number of benzene rings is 1. The summed E-state index contributed by atoms with van der Waals surface area (Å²) in [5, 5.41) is 11.7. The first kappa shape index (κ1) is 16.3. The number of carbonyl (C=O) groups excluding carboxylic acids is 1. The first-order valence-corrected chi connectivity index (χ1v) is 7.72. The lowest BCUT2D eigenvalue weighted by molar-refractivity contribution is -0.152. The molecule has 1 amide bonds. The number of rotatable bonds is 7. The average molecular weight is 305 g/mol. The molecule has 0 saturated heterocycles. The van der Waals surface area contributed by atoms with Crippen molar-refractivity contribution in [3.63, 3.8) is 0 Å². The molecule has 0 spiro atoms. The van der Waals surface area contributed by atoms with Gasteiger partial charge in [0.1, 0.15) is 12.4 Å². The van der Waals surface area contributed by atoms with Crippen molar-refractivity contribution in [3.8, 4) is 5.75 Å². The zero-order chi connectivity index (χ0) is 16.1. The summed E-state index contributed by atoms with van der Waals surface area (Å²) >= 11 is 0. The molecule has 120 valence electrons. The van der Waals surface area contributed by atoms with Gasteiger partial charge in [0, 0.05) is 0 Å². The molecular weight excluding hydrogens is 282 g/mol. The van der Waals surface area contributed by atoms with E-state index in [1.54, 1.807) is 0 Å². The normalized spacial score (nSPS) is 20.3. The van der Waals surface area contributed by atoms with Gasteiger partial charge in [0.2, 0.25) is 5.91 Å². The van der Waals surface area contributed by atoms with Gasteiger partial charge in [-0.05, 0) is 36.5 Å². The van der Waals surface area contributed by atoms with Crippen LogP contribution in [-0.2, 0) is 9.59 Å². The van der Waals surface area contributed by atoms with Crippen molar-refractivity contribution in [2.75, 3.05) is 13.2 Å². The van der Waals surface area contributed by atoms with E-state index in [0.29, 0.717) is 31.9 Å². The van der Waals surface area contributed by atoms with Crippen LogP contribution in [0.4, 0.5) is 0 Å². The van der Waals surface area contributed by atoms with E-state index in [0.717, 1.165) is 5.75 Å². The molecule has 5 heteroatoms. The highest BCUT2D eigenvalue weighted by molar-refractivity contribution is 5.86. The summed E-state index contributed by atoms with van der Waals surface area (Å²) in [7, 11) is 0. The summed E-state index contributed by atoms with van der Waals surface area (Å²) in [6, 6.07) is 7.90. The van der Waals surface area contributed by atoms with Gasteiger partial charge >= 0.3 is 5.97 Å². The topological polar surface area (TPSA) is 75.6 Å². The van der Waals surface area contributed by atoms with Crippen molar-refractivity contribution in [1.29, 1.82) is 0 Å². The molecule has 2 rings (SSSR count). The number of aliphatic carboxylic acids is 1. The fourth-order valence-electron chi connectivity index (χ4n) is 2.53. The number of carboxylic acid groups (broad SMARTS) is 1. The largest absolute Gasteiger partial charge is 0.492 e. The molecule has 0 bridgehead atoms. The second-order valence-corrected chi connectivity index (χ2v) is 5.99. The second-order valence-electron chi connectivity index (χ2n) is 5.99. The van der Waals surface area contributed by atoms with Crippen molar-refractivity contribution in [2.24, 2.45) is 11.8 Å². The third kappa shape index (κ3) is 4.00. The van der Waals surface area contributed by atoms with Crippen LogP contribution in [0.1, 0.15) is 38.2 Å². The van der Waals surface area contributed by atoms with E-state index >= 15 is 0 Å². The van der Waals surface area contributed by atoms with Crippen LogP contribution in [0.3, 0.4) is 0 Å². The third-order valence-corrected chi connectivity index (χ3v) is 4.15. The van der Waals surface area contributed by atoms with E-state index in [9.17, 15) is 9.59 Å². The molecule has 1 fully saturated rings. The Morgan fingerprint density at radius 3 is 2.36 bits per heavy atom. The zero-order valence-corrected chi connectivity index (χ0v) is 13.0. The predicted molar refractivity (Wildman–Crippen MR) is 82.9 cm³/mol. The maximum absolute atomic E-state index is 11.8. The van der Waals surface area contributed by atoms with Crippen LogP contribution in [0.15, 0.2) is 24.3 Å². The Kier molecular flexibility index (Phi) is 5.41. The first-order chi connectivity index (χ1) is 10.5. The molecule has 2 unspecified atom stereocenters. The fraction of sp³-hybridized carbons (Fsp3) is 0.529. The number of hydrogen-bond acceptors (Lipinski definition) is 3. The van der Waals surface area contributed by atoms with Crippen LogP contribution in [0, 0.1) is 11.8 Å². The molecular formula is C17H23NO4. The quantitative estimate of drug-likeness (QED) is 0.759. The number of hydrogen-bond donors (Lipinski definition) is 2. The van der Waals surface area contributed by atoms with Crippen molar-refractivity contribution in [2.45, 2.75) is 32.6 Å². The highest BCUT2D eigenvalue weighted by Crippen LogP contribution is 2.34. The van der Waals surface area contributed by atoms with Gasteiger partial charge in [-0.25, -0.2) is 0 Å². The van der Waals surface area contributed by atoms with Crippen molar-refractivity contribution in [3.05, 3.63) is 29.8 Å². The summed E-state index contributed by atoms with van der Waals surface area (Å²) in [5.41, 5.74) is 1.25. The third-order valence-electron chi connectivity index (χ3n) is 4.15. The molecule has 22 heavy (non-hydrogen) atoms. The number of ether oxygens (including phenoxy) is 1. The van der Waals surface area contributed by atoms with Crippen LogP contribution >= 0.6 is 0 Å². The molecule has 0 aromatic heterocycles. The Balaban J connectivity index is 1.69. The van der Waals surface area contributed by atoms with Crippen molar-refractivity contribution in [1.82, 2.24) is 5.32 Å². The Bertz CT molecular complexity index is 524. The van der Waals surface area contributed by atoms with Gasteiger partial charge in [0.25, 0.3) is 0 Å². The minimum absolute atomic E-state index is 0.183. The molecule has 1 aromatic carbocycles. The standard InChI is InChI=1S/C17H23NO4/c1-11(2)12-3-5-13(6-4-12)22-10-9-18-16(19)14-7-8-15(14)17(20)21/h3-6,11,14-15H,7-10H2,1-2H3,(H,18,19)(H,20,21). The van der Waals surface area contributed by atoms with Gasteiger partial charge in [-0.15, -0.1) is 0 Å². The number of amides is 1. The van der Waals surface area contributed by atoms with E-state index in [4.69, 9.17) is 9.84 Å². The summed E-state index contributed by atoms with van der Waals surface area (Å²) in [4.78, 5) is 22.7. The molecule has 0 heterocycles.